The first-order chi connectivity index (χ1) is 9.02. The van der Waals surface area contributed by atoms with Crippen LogP contribution in [0.25, 0.3) is 0 Å². The lowest BCUT2D eigenvalue weighted by atomic mass is 9.78. The first-order valence-electron chi connectivity index (χ1n) is 7.38. The largest absolute Gasteiger partial charge is 0.389 e. The molecule has 4 heteroatoms. The fraction of sp³-hybridized carbons (Fsp3) is 0.800. The monoisotopic (exact) mass is 282 g/mol. The highest BCUT2D eigenvalue weighted by molar-refractivity contribution is 7.11. The summed E-state index contributed by atoms with van der Waals surface area (Å²) in [5, 5.41) is 15.1. The van der Waals surface area contributed by atoms with E-state index in [1.54, 1.807) is 11.3 Å². The zero-order valence-electron chi connectivity index (χ0n) is 12.3. The molecule has 1 heterocycles. The number of nitrogens with zero attached hydrogens (tertiary/aromatic N) is 1. The molecular weight excluding hydrogens is 256 g/mol. The Kier molecular flexibility index (Phi) is 4.98. The fourth-order valence-electron chi connectivity index (χ4n) is 2.82. The van der Waals surface area contributed by atoms with Crippen LogP contribution in [0.3, 0.4) is 0 Å². The van der Waals surface area contributed by atoms with E-state index in [1.807, 2.05) is 0 Å². The van der Waals surface area contributed by atoms with Crippen LogP contribution in [0.5, 0.6) is 0 Å². The van der Waals surface area contributed by atoms with Crippen molar-refractivity contribution < 1.29 is 5.11 Å². The Morgan fingerprint density at radius 3 is 2.58 bits per heavy atom. The predicted molar refractivity (Wildman–Crippen MR) is 80.5 cm³/mol. The third-order valence-electron chi connectivity index (χ3n) is 4.42. The molecule has 1 saturated carbocycles. The van der Waals surface area contributed by atoms with Crippen molar-refractivity contribution in [1.29, 1.82) is 0 Å². The second kappa shape index (κ2) is 6.33. The molecule has 0 radical (unpaired) electrons. The van der Waals surface area contributed by atoms with Gasteiger partial charge in [0.2, 0.25) is 0 Å². The highest BCUT2D eigenvalue weighted by Gasteiger charge is 2.32. The molecule has 1 aliphatic carbocycles. The minimum atomic E-state index is -0.493. The van der Waals surface area contributed by atoms with Crippen LogP contribution in [0, 0.1) is 19.8 Å². The summed E-state index contributed by atoms with van der Waals surface area (Å²) >= 11 is 1.75. The van der Waals surface area contributed by atoms with E-state index >= 15 is 0 Å². The standard InChI is InChI=1S/C15H26N2OS/c1-4-13-5-7-15(18,8-6-13)10-16-9-14-17-11(2)12(3)19-14/h13,16,18H,4-10H2,1-3H3. The van der Waals surface area contributed by atoms with E-state index in [0.29, 0.717) is 6.54 Å². The van der Waals surface area contributed by atoms with E-state index in [2.05, 4.69) is 31.1 Å². The van der Waals surface area contributed by atoms with Gasteiger partial charge >= 0.3 is 0 Å². The lowest BCUT2D eigenvalue weighted by Crippen LogP contribution is -2.43. The zero-order valence-corrected chi connectivity index (χ0v) is 13.1. The molecule has 1 aliphatic rings. The van der Waals surface area contributed by atoms with Gasteiger partial charge in [0.1, 0.15) is 5.01 Å². The summed E-state index contributed by atoms with van der Waals surface area (Å²) in [6, 6.07) is 0. The third kappa shape index (κ3) is 4.01. The molecular formula is C15H26N2OS. The van der Waals surface area contributed by atoms with Gasteiger partial charge in [-0.2, -0.15) is 0 Å². The summed E-state index contributed by atoms with van der Waals surface area (Å²) < 4.78 is 0. The number of nitrogens with one attached hydrogen (secondary N) is 1. The van der Waals surface area contributed by atoms with Crippen LogP contribution in [-0.2, 0) is 6.54 Å². The molecule has 0 spiro atoms. The Morgan fingerprint density at radius 1 is 1.37 bits per heavy atom. The van der Waals surface area contributed by atoms with Crippen molar-refractivity contribution in [3.63, 3.8) is 0 Å². The number of hydrogen-bond acceptors (Lipinski definition) is 4. The predicted octanol–water partition coefficient (Wildman–Crippen LogP) is 3.18. The second-order valence-corrected chi connectivity index (χ2v) is 7.22. The van der Waals surface area contributed by atoms with E-state index in [0.717, 1.165) is 36.0 Å². The van der Waals surface area contributed by atoms with E-state index in [-0.39, 0.29) is 0 Å². The van der Waals surface area contributed by atoms with Gasteiger partial charge in [-0.15, -0.1) is 11.3 Å². The van der Waals surface area contributed by atoms with Gasteiger partial charge in [0.05, 0.1) is 11.3 Å². The van der Waals surface area contributed by atoms with Gasteiger partial charge in [-0.1, -0.05) is 13.3 Å². The van der Waals surface area contributed by atoms with Gasteiger partial charge in [-0.25, -0.2) is 4.98 Å². The van der Waals surface area contributed by atoms with E-state index in [1.165, 1.54) is 24.1 Å². The van der Waals surface area contributed by atoms with Crippen molar-refractivity contribution in [3.8, 4) is 0 Å². The second-order valence-electron chi connectivity index (χ2n) is 5.93. The highest BCUT2D eigenvalue weighted by Crippen LogP contribution is 2.33. The summed E-state index contributed by atoms with van der Waals surface area (Å²) in [5.41, 5.74) is 0.636. The molecule has 0 amide bonds. The molecule has 0 aliphatic heterocycles. The summed E-state index contributed by atoms with van der Waals surface area (Å²) in [4.78, 5) is 5.81. The maximum absolute atomic E-state index is 10.5. The number of rotatable bonds is 5. The Morgan fingerprint density at radius 2 is 2.05 bits per heavy atom. The number of aryl methyl sites for hydroxylation is 2. The fourth-order valence-corrected chi connectivity index (χ4v) is 3.72. The quantitative estimate of drug-likeness (QED) is 0.872. The molecule has 19 heavy (non-hydrogen) atoms. The van der Waals surface area contributed by atoms with Crippen molar-refractivity contribution in [2.45, 2.75) is 65.0 Å². The molecule has 0 unspecified atom stereocenters. The van der Waals surface area contributed by atoms with Crippen molar-refractivity contribution in [2.75, 3.05) is 6.54 Å². The molecule has 2 N–H and O–H groups in total. The highest BCUT2D eigenvalue weighted by atomic mass is 32.1. The lowest BCUT2D eigenvalue weighted by molar-refractivity contribution is -0.00881. The molecule has 1 aromatic heterocycles. The molecule has 0 bridgehead atoms. The Bertz CT molecular complexity index is 389. The Labute approximate surface area is 120 Å². The van der Waals surface area contributed by atoms with Gasteiger partial charge in [0, 0.05) is 18.0 Å². The molecule has 1 fully saturated rings. The van der Waals surface area contributed by atoms with Gasteiger partial charge in [-0.05, 0) is 45.4 Å². The van der Waals surface area contributed by atoms with Gasteiger partial charge < -0.3 is 10.4 Å². The number of hydrogen-bond donors (Lipinski definition) is 2. The normalized spacial score (nSPS) is 27.7. The molecule has 1 aromatic rings. The average Bonchev–Trinajstić information content (AvgIpc) is 2.69. The van der Waals surface area contributed by atoms with E-state index in [4.69, 9.17) is 0 Å². The smallest absolute Gasteiger partial charge is 0.107 e. The molecule has 0 aromatic carbocycles. The number of aromatic nitrogens is 1. The van der Waals surface area contributed by atoms with Crippen molar-refractivity contribution >= 4 is 11.3 Å². The molecule has 0 saturated heterocycles. The maximum atomic E-state index is 10.5. The maximum Gasteiger partial charge on any atom is 0.107 e. The van der Waals surface area contributed by atoms with Crippen molar-refractivity contribution in [1.82, 2.24) is 10.3 Å². The molecule has 2 rings (SSSR count). The van der Waals surface area contributed by atoms with Crippen LogP contribution in [0.1, 0.15) is 54.6 Å². The van der Waals surface area contributed by atoms with Gasteiger partial charge in [0.25, 0.3) is 0 Å². The minimum absolute atomic E-state index is 0.493. The van der Waals surface area contributed by atoms with Crippen LogP contribution in [-0.4, -0.2) is 22.2 Å². The summed E-state index contributed by atoms with van der Waals surface area (Å²) in [7, 11) is 0. The molecule has 0 atom stereocenters. The first kappa shape index (κ1) is 14.9. The van der Waals surface area contributed by atoms with E-state index in [9.17, 15) is 5.11 Å². The van der Waals surface area contributed by atoms with E-state index < -0.39 is 5.60 Å². The first-order valence-corrected chi connectivity index (χ1v) is 8.20. The molecule has 3 nitrogen and oxygen atoms in total. The van der Waals surface area contributed by atoms with Crippen LogP contribution in [0.4, 0.5) is 0 Å². The third-order valence-corrected chi connectivity index (χ3v) is 5.49. The summed E-state index contributed by atoms with van der Waals surface area (Å²) in [6.07, 6.45) is 5.47. The molecule has 108 valence electrons. The van der Waals surface area contributed by atoms with Crippen LogP contribution in [0.2, 0.25) is 0 Å². The van der Waals surface area contributed by atoms with Crippen molar-refractivity contribution in [3.05, 3.63) is 15.6 Å². The Balaban J connectivity index is 1.76. The summed E-state index contributed by atoms with van der Waals surface area (Å²) in [6.45, 7) is 7.88. The zero-order chi connectivity index (χ0) is 13.9. The number of thiazole rings is 1. The van der Waals surface area contributed by atoms with Crippen molar-refractivity contribution in [2.24, 2.45) is 5.92 Å². The number of aliphatic hydroxyl groups is 1. The van der Waals surface area contributed by atoms with Crippen LogP contribution in [0.15, 0.2) is 0 Å². The van der Waals surface area contributed by atoms with Crippen LogP contribution >= 0.6 is 11.3 Å². The minimum Gasteiger partial charge on any atom is -0.389 e. The Hall–Kier alpha value is -0.450. The van der Waals surface area contributed by atoms with Gasteiger partial charge in [-0.3, -0.25) is 0 Å². The average molecular weight is 282 g/mol. The SMILES string of the molecule is CCC1CCC(O)(CNCc2nc(C)c(C)s2)CC1. The summed E-state index contributed by atoms with van der Waals surface area (Å²) in [5.74, 6) is 0.824. The lowest BCUT2D eigenvalue weighted by Gasteiger charge is -2.35. The van der Waals surface area contributed by atoms with Gasteiger partial charge in [0.15, 0.2) is 0 Å². The topological polar surface area (TPSA) is 45.1 Å². The van der Waals surface area contributed by atoms with Crippen LogP contribution < -0.4 is 5.32 Å².